The summed E-state index contributed by atoms with van der Waals surface area (Å²) < 4.78 is 18.5. The number of benzene rings is 2. The molecule has 0 fully saturated rings. The lowest BCUT2D eigenvalue weighted by Gasteiger charge is -2.18. The molecule has 2 aromatic carbocycles. The number of nitrogens with two attached hydrogens (primary N) is 3. The maximum atomic E-state index is 11.1. The van der Waals surface area contributed by atoms with Gasteiger partial charge in [-0.05, 0) is 24.3 Å². The molecule has 0 aliphatic carbocycles. The number of nitrogens with one attached hydrogen (secondary N) is 1. The van der Waals surface area contributed by atoms with Crippen LogP contribution in [0.3, 0.4) is 0 Å². The van der Waals surface area contributed by atoms with Crippen LogP contribution in [0.1, 0.15) is 17.5 Å². The molecule has 4 unspecified atom stereocenters. The van der Waals surface area contributed by atoms with Crippen LogP contribution < -0.4 is 17.2 Å². The molecule has 0 saturated carbocycles. The second-order valence-electron chi connectivity index (χ2n) is 8.61. The maximum absolute atomic E-state index is 11.1. The van der Waals surface area contributed by atoms with Crippen LogP contribution in [-0.4, -0.2) is 99.7 Å². The van der Waals surface area contributed by atoms with Crippen LogP contribution in [0.25, 0.3) is 0 Å². The van der Waals surface area contributed by atoms with Crippen molar-refractivity contribution in [2.45, 2.75) is 43.5 Å². The molecule has 0 amide bonds. The van der Waals surface area contributed by atoms with E-state index in [4.69, 9.17) is 37.7 Å². The van der Waals surface area contributed by atoms with Gasteiger partial charge in [-0.3, -0.25) is 24.4 Å². The number of hydrogen-bond acceptors (Lipinski definition) is 14. The number of esters is 3. The third kappa shape index (κ3) is 20.6. The molecule has 0 aliphatic heterocycles. The molecule has 0 bridgehead atoms. The topological polar surface area (TPSA) is 257 Å². The zero-order valence-electron chi connectivity index (χ0n) is 25.1. The minimum Gasteiger partial charge on any atom is -0.480 e. The van der Waals surface area contributed by atoms with Crippen molar-refractivity contribution in [3.63, 3.8) is 0 Å². The standard InChI is InChI=1S/C13H19NO5.C9H11NO2.C6H11NO4.CH3N/c1-17-13(15)12(14)9-18-11(8-19-16)7-10-5-3-2-4-6-10;10-8(9(11)12)6-7-4-2-1-3-5-7;1-10-5(8)3-4(7)6(9)11-2;1-2/h2-6,11-12,16H,7-9,14H2,1H3;1-5,8H,6,10H2,(H,11,12);4H,3,7H2,1-2H3;2H,1H2. The van der Waals surface area contributed by atoms with Crippen LogP contribution >= 0.6 is 0 Å². The van der Waals surface area contributed by atoms with Crippen LogP contribution in [0.15, 0.2) is 60.7 Å². The Morgan fingerprint density at radius 1 is 0.727 bits per heavy atom. The Kier molecular flexibility index (Phi) is 25.1. The predicted octanol–water partition coefficient (Wildman–Crippen LogP) is 0.561. The van der Waals surface area contributed by atoms with E-state index in [0.29, 0.717) is 12.8 Å². The first-order chi connectivity index (χ1) is 21.0. The van der Waals surface area contributed by atoms with Gasteiger partial charge in [0.05, 0.1) is 40.5 Å². The quantitative estimate of drug-likeness (QED) is 0.0552. The summed E-state index contributed by atoms with van der Waals surface area (Å²) in [6.45, 7) is 2.51. The van der Waals surface area contributed by atoms with E-state index in [1.807, 2.05) is 60.7 Å². The highest BCUT2D eigenvalue weighted by Gasteiger charge is 2.19. The van der Waals surface area contributed by atoms with Gasteiger partial charge < -0.3 is 46.7 Å². The zero-order valence-corrected chi connectivity index (χ0v) is 25.1. The van der Waals surface area contributed by atoms with Crippen molar-refractivity contribution in [3.8, 4) is 0 Å². The van der Waals surface area contributed by atoms with E-state index in [2.05, 4.69) is 25.8 Å². The second kappa shape index (κ2) is 26.4. The van der Waals surface area contributed by atoms with Crippen molar-refractivity contribution in [2.24, 2.45) is 17.2 Å². The Hall–Kier alpha value is -4.25. The molecular weight excluding hydrogens is 580 g/mol. The molecule has 246 valence electrons. The number of aliphatic carboxylic acids is 1. The van der Waals surface area contributed by atoms with Crippen molar-refractivity contribution in [1.29, 1.82) is 5.41 Å². The van der Waals surface area contributed by atoms with Gasteiger partial charge >= 0.3 is 23.9 Å². The highest BCUT2D eigenvalue weighted by atomic mass is 17.1. The molecule has 4 atom stereocenters. The molecule has 9 N–H and O–H groups in total. The fourth-order valence-corrected chi connectivity index (χ4v) is 3.04. The number of methoxy groups -OCH3 is 3. The Morgan fingerprint density at radius 3 is 1.59 bits per heavy atom. The van der Waals surface area contributed by atoms with Gasteiger partial charge in [-0.25, -0.2) is 4.89 Å². The lowest BCUT2D eigenvalue weighted by molar-refractivity contribution is -0.260. The Morgan fingerprint density at radius 2 is 1.18 bits per heavy atom. The Bertz CT molecular complexity index is 1060. The van der Waals surface area contributed by atoms with Crippen LogP contribution in [0.5, 0.6) is 0 Å². The van der Waals surface area contributed by atoms with Crippen molar-refractivity contribution >= 4 is 30.6 Å². The largest absolute Gasteiger partial charge is 0.480 e. The molecule has 2 rings (SSSR count). The summed E-state index contributed by atoms with van der Waals surface area (Å²) >= 11 is 0. The summed E-state index contributed by atoms with van der Waals surface area (Å²) in [5.74, 6) is -2.64. The number of carbonyl (C=O) groups excluding carboxylic acids is 3. The summed E-state index contributed by atoms with van der Waals surface area (Å²) in [6, 6.07) is 16.4. The number of rotatable bonds is 14. The van der Waals surface area contributed by atoms with Crippen molar-refractivity contribution < 1.29 is 53.4 Å². The van der Waals surface area contributed by atoms with Crippen LogP contribution in [0.2, 0.25) is 0 Å². The van der Waals surface area contributed by atoms with Gasteiger partial charge in [0.25, 0.3) is 0 Å². The van der Waals surface area contributed by atoms with E-state index >= 15 is 0 Å². The molecule has 0 radical (unpaired) electrons. The average molecular weight is 625 g/mol. The minimum absolute atomic E-state index is 0.00276. The predicted molar refractivity (Wildman–Crippen MR) is 161 cm³/mol. The fraction of sp³-hybridized carbons (Fsp3) is 0.414. The average Bonchev–Trinajstić information content (AvgIpc) is 3.05. The van der Waals surface area contributed by atoms with Gasteiger partial charge in [0.2, 0.25) is 0 Å². The summed E-state index contributed by atoms with van der Waals surface area (Å²) in [4.78, 5) is 46.8. The normalized spacial score (nSPS) is 12.4. The molecule has 0 aliphatic rings. The lowest BCUT2D eigenvalue weighted by atomic mass is 10.1. The molecule has 2 aromatic rings. The molecule has 0 saturated heterocycles. The number of hydrogen-bond donors (Lipinski definition) is 6. The highest BCUT2D eigenvalue weighted by molar-refractivity contribution is 5.82. The summed E-state index contributed by atoms with van der Waals surface area (Å²) in [6.07, 6.45) is 0.400. The Balaban J connectivity index is 0. The van der Waals surface area contributed by atoms with Gasteiger partial charge in [-0.15, -0.1) is 0 Å². The summed E-state index contributed by atoms with van der Waals surface area (Å²) in [5.41, 5.74) is 18.1. The van der Waals surface area contributed by atoms with Crippen LogP contribution in [0.4, 0.5) is 0 Å². The molecule has 15 heteroatoms. The maximum Gasteiger partial charge on any atom is 0.325 e. The second-order valence-corrected chi connectivity index (χ2v) is 8.61. The zero-order chi connectivity index (χ0) is 33.9. The number of carboxylic acid groups (broad SMARTS) is 1. The number of carboxylic acids is 1. The van der Waals surface area contributed by atoms with E-state index in [1.165, 1.54) is 21.3 Å². The van der Waals surface area contributed by atoms with Gasteiger partial charge in [-0.1, -0.05) is 60.7 Å². The molecule has 15 nitrogen and oxygen atoms in total. The van der Waals surface area contributed by atoms with E-state index in [9.17, 15) is 19.2 Å². The Labute approximate surface area is 256 Å². The smallest absolute Gasteiger partial charge is 0.325 e. The van der Waals surface area contributed by atoms with E-state index < -0.39 is 42.0 Å². The van der Waals surface area contributed by atoms with Crippen molar-refractivity contribution in [3.05, 3.63) is 71.8 Å². The van der Waals surface area contributed by atoms with Gasteiger partial charge in [0.15, 0.2) is 0 Å². The SMILES string of the molecule is C=N.COC(=O)C(N)COC(COO)Cc1ccccc1.COC(=O)CC(N)C(=O)OC.NC(Cc1ccccc1)C(=O)O. The summed E-state index contributed by atoms with van der Waals surface area (Å²) in [5, 5.41) is 22.6. The van der Waals surface area contributed by atoms with Crippen LogP contribution in [-0.2, 0) is 55.9 Å². The highest BCUT2D eigenvalue weighted by Crippen LogP contribution is 2.07. The summed E-state index contributed by atoms with van der Waals surface area (Å²) in [7, 11) is 3.70. The monoisotopic (exact) mass is 624 g/mol. The van der Waals surface area contributed by atoms with E-state index in [0.717, 1.165) is 11.1 Å². The van der Waals surface area contributed by atoms with Crippen LogP contribution in [0, 0.1) is 5.41 Å². The van der Waals surface area contributed by atoms with Crippen molar-refractivity contribution in [2.75, 3.05) is 34.5 Å². The fourth-order valence-electron chi connectivity index (χ4n) is 3.04. The van der Waals surface area contributed by atoms with E-state index in [-0.39, 0.29) is 25.7 Å². The molecular formula is C29H44N4O11. The molecule has 0 heterocycles. The molecule has 44 heavy (non-hydrogen) atoms. The molecule has 0 aromatic heterocycles. The number of carbonyl (C=O) groups is 4. The third-order valence-electron chi connectivity index (χ3n) is 5.32. The lowest BCUT2D eigenvalue weighted by Crippen LogP contribution is -2.38. The van der Waals surface area contributed by atoms with Crippen molar-refractivity contribution in [1.82, 2.24) is 0 Å². The van der Waals surface area contributed by atoms with E-state index in [1.54, 1.807) is 0 Å². The van der Waals surface area contributed by atoms with Gasteiger partial charge in [0, 0.05) is 6.42 Å². The number of ether oxygens (including phenoxy) is 4. The third-order valence-corrected chi connectivity index (χ3v) is 5.32. The minimum atomic E-state index is -0.959. The van der Waals surface area contributed by atoms with Gasteiger partial charge in [-0.2, -0.15) is 0 Å². The first-order valence-corrected chi connectivity index (χ1v) is 13.0. The van der Waals surface area contributed by atoms with Gasteiger partial charge in [0.1, 0.15) is 24.7 Å². The first-order valence-electron chi connectivity index (χ1n) is 13.0. The first kappa shape index (κ1) is 41.9. The molecule has 0 spiro atoms.